The number of hydrogen-bond donors (Lipinski definition) is 1. The molecule has 1 aliphatic heterocycles. The Bertz CT molecular complexity index is 1220. The third-order valence-electron chi connectivity index (χ3n) is 5.92. The van der Waals surface area contributed by atoms with Gasteiger partial charge in [0.05, 0.1) is 12.2 Å². The summed E-state index contributed by atoms with van der Waals surface area (Å²) in [6.07, 6.45) is 2.20. The topological polar surface area (TPSA) is 78.3 Å². The number of aromatic nitrogens is 3. The lowest BCUT2D eigenvalue weighted by Gasteiger charge is -2.29. The van der Waals surface area contributed by atoms with Crippen LogP contribution in [0.1, 0.15) is 56.3 Å². The molecule has 0 saturated carbocycles. The number of rotatable bonds is 10. The van der Waals surface area contributed by atoms with Crippen LogP contribution in [0.25, 0.3) is 0 Å². The fourth-order valence-electron chi connectivity index (χ4n) is 4.03. The van der Waals surface area contributed by atoms with Gasteiger partial charge in [0.2, 0.25) is 11.1 Å². The number of aryl methyl sites for hydroxylation is 1. The third kappa shape index (κ3) is 5.53. The molecular weight excluding hydrogens is 460 g/mol. The second kappa shape index (κ2) is 11.4. The highest BCUT2D eigenvalue weighted by atomic mass is 32.2. The highest BCUT2D eigenvalue weighted by Gasteiger charge is 2.36. The van der Waals surface area contributed by atoms with Gasteiger partial charge in [-0.2, -0.15) is 4.98 Å². The predicted molar refractivity (Wildman–Crippen MR) is 139 cm³/mol. The number of nitrogens with zero attached hydrogens (tertiary/aromatic N) is 3. The molecule has 7 nitrogen and oxygen atoms in total. The molecule has 1 unspecified atom stereocenters. The molecule has 0 saturated heterocycles. The van der Waals surface area contributed by atoms with E-state index in [-0.39, 0.29) is 12.6 Å². The molecule has 1 aliphatic rings. The Morgan fingerprint density at radius 1 is 1.11 bits per heavy atom. The number of esters is 1. The monoisotopic (exact) mass is 492 g/mol. The summed E-state index contributed by atoms with van der Waals surface area (Å²) in [7, 11) is 0. The average molecular weight is 493 g/mol. The first-order valence-corrected chi connectivity index (χ1v) is 13.0. The summed E-state index contributed by atoms with van der Waals surface area (Å²) in [5.41, 5.74) is 4.32. The van der Waals surface area contributed by atoms with Gasteiger partial charge in [-0.25, -0.2) is 9.48 Å². The molecule has 8 heteroatoms. The van der Waals surface area contributed by atoms with Gasteiger partial charge in [-0.15, -0.1) is 5.10 Å². The number of para-hydroxylation sites is 1. The summed E-state index contributed by atoms with van der Waals surface area (Å²) in [5, 5.41) is 8.73. The maximum Gasteiger partial charge on any atom is 0.338 e. The molecule has 2 aromatic carbocycles. The lowest BCUT2D eigenvalue weighted by molar-refractivity contribution is -0.139. The van der Waals surface area contributed by atoms with E-state index in [1.807, 2.05) is 50.2 Å². The van der Waals surface area contributed by atoms with E-state index in [9.17, 15) is 4.79 Å². The van der Waals surface area contributed by atoms with Gasteiger partial charge >= 0.3 is 5.97 Å². The van der Waals surface area contributed by atoms with Gasteiger partial charge in [-0.1, -0.05) is 67.6 Å². The van der Waals surface area contributed by atoms with Crippen molar-refractivity contribution in [3.05, 3.63) is 76.5 Å². The van der Waals surface area contributed by atoms with Crippen LogP contribution in [0.3, 0.4) is 0 Å². The number of nitrogens with one attached hydrogen (secondary N) is 1. The summed E-state index contributed by atoms with van der Waals surface area (Å²) in [4.78, 5) is 17.8. The summed E-state index contributed by atoms with van der Waals surface area (Å²) in [6, 6.07) is 15.4. The molecular formula is C27H32N4O3S. The molecule has 0 bridgehead atoms. The van der Waals surface area contributed by atoms with Crippen LogP contribution in [0.2, 0.25) is 0 Å². The molecule has 184 valence electrons. The molecule has 3 aromatic rings. The molecule has 0 amide bonds. The molecule has 0 radical (unpaired) electrons. The van der Waals surface area contributed by atoms with Crippen LogP contribution in [0, 0.1) is 6.92 Å². The molecule has 0 fully saturated rings. The van der Waals surface area contributed by atoms with Gasteiger partial charge in [0, 0.05) is 17.0 Å². The van der Waals surface area contributed by atoms with E-state index in [4.69, 9.17) is 19.6 Å². The lowest BCUT2D eigenvalue weighted by Crippen LogP contribution is -2.30. The highest BCUT2D eigenvalue weighted by molar-refractivity contribution is 7.99. The number of anilines is 1. The fraction of sp³-hybridized carbons (Fsp3) is 0.370. The van der Waals surface area contributed by atoms with Crippen LogP contribution in [0.4, 0.5) is 5.95 Å². The first-order valence-electron chi connectivity index (χ1n) is 12.0. The smallest absolute Gasteiger partial charge is 0.338 e. The van der Waals surface area contributed by atoms with Gasteiger partial charge in [-0.05, 0) is 44.4 Å². The summed E-state index contributed by atoms with van der Waals surface area (Å²) < 4.78 is 13.5. The molecule has 4 rings (SSSR count). The number of hydrogen-bond acceptors (Lipinski definition) is 7. The number of ether oxygens (including phenoxy) is 2. The number of fused-ring (bicyclic) bond motifs is 1. The average Bonchev–Trinajstić information content (AvgIpc) is 3.25. The summed E-state index contributed by atoms with van der Waals surface area (Å²) in [5.74, 6) is 1.86. The van der Waals surface area contributed by atoms with Crippen LogP contribution >= 0.6 is 11.8 Å². The van der Waals surface area contributed by atoms with Crippen LogP contribution < -0.4 is 10.1 Å². The highest BCUT2D eigenvalue weighted by Crippen LogP contribution is 2.40. The van der Waals surface area contributed by atoms with Gasteiger partial charge in [0.15, 0.2) is 0 Å². The number of thioether (sulfide) groups is 1. The Hall–Kier alpha value is -3.26. The zero-order valence-electron chi connectivity index (χ0n) is 20.7. The van der Waals surface area contributed by atoms with Crippen molar-refractivity contribution in [2.75, 3.05) is 17.7 Å². The third-order valence-corrected chi connectivity index (χ3v) is 6.84. The van der Waals surface area contributed by atoms with E-state index in [1.54, 1.807) is 16.4 Å². The molecule has 0 aliphatic carbocycles. The number of unbranched alkanes of at least 4 members (excludes halogenated alkanes) is 1. The Labute approximate surface area is 210 Å². The second-order valence-corrected chi connectivity index (χ2v) is 9.47. The zero-order valence-corrected chi connectivity index (χ0v) is 21.5. The molecule has 1 atom stereocenters. The first-order chi connectivity index (χ1) is 17.0. The van der Waals surface area contributed by atoms with Crippen molar-refractivity contribution >= 4 is 23.7 Å². The predicted octanol–water partition coefficient (Wildman–Crippen LogP) is 5.91. The maximum atomic E-state index is 13.1. The molecule has 1 N–H and O–H groups in total. The van der Waals surface area contributed by atoms with Crippen molar-refractivity contribution in [3.63, 3.8) is 0 Å². The van der Waals surface area contributed by atoms with E-state index in [0.29, 0.717) is 34.7 Å². The van der Waals surface area contributed by atoms with Crippen molar-refractivity contribution in [1.82, 2.24) is 14.8 Å². The SMILES string of the molecule is CCCCSc1nc2n(n1)C(c1ccccc1OCc1ccccc1C)C(C(=O)OCC)=C(C)N2. The Balaban J connectivity index is 1.74. The maximum absolute atomic E-state index is 13.1. The molecule has 35 heavy (non-hydrogen) atoms. The number of benzene rings is 2. The van der Waals surface area contributed by atoms with Crippen molar-refractivity contribution < 1.29 is 14.3 Å². The lowest BCUT2D eigenvalue weighted by atomic mass is 9.95. The van der Waals surface area contributed by atoms with Gasteiger partial charge in [-0.3, -0.25) is 0 Å². The molecule has 0 spiro atoms. The van der Waals surface area contributed by atoms with E-state index < -0.39 is 6.04 Å². The zero-order chi connectivity index (χ0) is 24.8. The van der Waals surface area contributed by atoms with Gasteiger partial charge in [0.1, 0.15) is 18.4 Å². The quantitative estimate of drug-likeness (QED) is 0.214. The molecule has 2 heterocycles. The Morgan fingerprint density at radius 3 is 2.66 bits per heavy atom. The van der Waals surface area contributed by atoms with Gasteiger partial charge < -0.3 is 14.8 Å². The molecule has 1 aromatic heterocycles. The van der Waals surface area contributed by atoms with Crippen molar-refractivity contribution in [2.45, 2.75) is 58.3 Å². The van der Waals surface area contributed by atoms with Crippen molar-refractivity contribution in [3.8, 4) is 5.75 Å². The largest absolute Gasteiger partial charge is 0.489 e. The van der Waals surface area contributed by atoms with E-state index >= 15 is 0 Å². The fourth-order valence-corrected chi connectivity index (χ4v) is 4.94. The van der Waals surface area contributed by atoms with Crippen molar-refractivity contribution in [1.29, 1.82) is 0 Å². The number of carbonyl (C=O) groups is 1. The minimum absolute atomic E-state index is 0.288. The standard InChI is InChI=1S/C27H32N4O3S/c1-5-7-16-35-27-29-26-28-19(4)23(25(32)33-6-2)24(31(26)30-27)21-14-10-11-15-22(21)34-17-20-13-9-8-12-18(20)3/h8-15,24H,5-7,16-17H2,1-4H3,(H,28,29,30). The summed E-state index contributed by atoms with van der Waals surface area (Å²) >= 11 is 1.62. The normalized spacial score (nSPS) is 14.9. The Kier molecular flexibility index (Phi) is 8.13. The minimum atomic E-state index is -0.522. The second-order valence-electron chi connectivity index (χ2n) is 8.40. The van der Waals surface area contributed by atoms with Crippen LogP contribution in [-0.4, -0.2) is 33.1 Å². The summed E-state index contributed by atoms with van der Waals surface area (Å²) in [6.45, 7) is 8.63. The Morgan fingerprint density at radius 2 is 1.89 bits per heavy atom. The van der Waals surface area contributed by atoms with Crippen LogP contribution in [-0.2, 0) is 16.1 Å². The minimum Gasteiger partial charge on any atom is -0.489 e. The van der Waals surface area contributed by atoms with Gasteiger partial charge in [0.25, 0.3) is 0 Å². The first kappa shape index (κ1) is 24.9. The van der Waals surface area contributed by atoms with Crippen molar-refractivity contribution in [2.24, 2.45) is 0 Å². The van der Waals surface area contributed by atoms with Crippen LogP contribution in [0.5, 0.6) is 5.75 Å². The number of carbonyl (C=O) groups excluding carboxylic acids is 1. The van der Waals surface area contributed by atoms with E-state index in [1.165, 1.54) is 5.56 Å². The van der Waals surface area contributed by atoms with E-state index in [2.05, 4.69) is 31.3 Å². The van der Waals surface area contributed by atoms with E-state index in [0.717, 1.165) is 29.7 Å². The van der Waals surface area contributed by atoms with Crippen LogP contribution in [0.15, 0.2) is 65.0 Å². The number of allylic oxidation sites excluding steroid dienone is 1.